The van der Waals surface area contributed by atoms with Crippen LogP contribution in [0.5, 0.6) is 0 Å². The van der Waals surface area contributed by atoms with E-state index >= 15 is 0 Å². The molecule has 1 amide bonds. The molecular formula is C18H14N4OS2. The molecule has 0 atom stereocenters. The van der Waals surface area contributed by atoms with Crippen molar-refractivity contribution in [1.82, 2.24) is 14.6 Å². The van der Waals surface area contributed by atoms with E-state index in [-0.39, 0.29) is 5.91 Å². The number of carbonyl (C=O) groups excluding carboxylic acids is 1. The second kappa shape index (κ2) is 6.70. The van der Waals surface area contributed by atoms with E-state index < -0.39 is 0 Å². The van der Waals surface area contributed by atoms with Crippen molar-refractivity contribution in [2.75, 3.05) is 5.32 Å². The maximum atomic E-state index is 12.4. The number of nitrogens with one attached hydrogen (secondary N) is 1. The summed E-state index contributed by atoms with van der Waals surface area (Å²) in [4.78, 5) is 17.8. The number of fused-ring (bicyclic) bond motifs is 1. The lowest BCUT2D eigenvalue weighted by Gasteiger charge is -2.01. The van der Waals surface area contributed by atoms with Crippen LogP contribution in [-0.2, 0) is 6.42 Å². The van der Waals surface area contributed by atoms with E-state index in [1.165, 1.54) is 34.0 Å². The first-order chi connectivity index (χ1) is 12.2. The van der Waals surface area contributed by atoms with E-state index in [9.17, 15) is 4.79 Å². The molecule has 2 aromatic heterocycles. The van der Waals surface area contributed by atoms with Crippen LogP contribution in [0.15, 0.2) is 48.7 Å². The van der Waals surface area contributed by atoms with E-state index in [2.05, 4.69) is 51.1 Å². The SMILES string of the molecule is Cc1ccc(Cc2cnc(NC(=O)c3ccc4nnsc4c3)s2)cc1. The molecule has 0 aliphatic carbocycles. The monoisotopic (exact) mass is 366 g/mol. The van der Waals surface area contributed by atoms with Crippen molar-refractivity contribution in [3.8, 4) is 0 Å². The highest BCUT2D eigenvalue weighted by molar-refractivity contribution is 7.15. The van der Waals surface area contributed by atoms with Crippen LogP contribution in [0.4, 0.5) is 5.13 Å². The first-order valence-electron chi connectivity index (χ1n) is 7.71. The van der Waals surface area contributed by atoms with Crippen molar-refractivity contribution in [2.24, 2.45) is 0 Å². The highest BCUT2D eigenvalue weighted by Gasteiger charge is 2.11. The van der Waals surface area contributed by atoms with Gasteiger partial charge in [-0.1, -0.05) is 34.3 Å². The van der Waals surface area contributed by atoms with E-state index in [0.717, 1.165) is 21.5 Å². The van der Waals surface area contributed by atoms with E-state index in [0.29, 0.717) is 10.7 Å². The van der Waals surface area contributed by atoms with Gasteiger partial charge < -0.3 is 0 Å². The van der Waals surface area contributed by atoms with Gasteiger partial charge in [-0.2, -0.15) is 0 Å². The minimum absolute atomic E-state index is 0.175. The molecule has 1 N–H and O–H groups in total. The molecular weight excluding hydrogens is 352 g/mol. The summed E-state index contributed by atoms with van der Waals surface area (Å²) in [6.45, 7) is 2.07. The van der Waals surface area contributed by atoms with Crippen LogP contribution in [0.25, 0.3) is 10.2 Å². The van der Waals surface area contributed by atoms with Crippen LogP contribution in [0.2, 0.25) is 0 Å². The Kier molecular flexibility index (Phi) is 4.25. The predicted molar refractivity (Wildman–Crippen MR) is 101 cm³/mol. The fourth-order valence-corrected chi connectivity index (χ4v) is 3.88. The molecule has 0 aliphatic heterocycles. The summed E-state index contributed by atoms with van der Waals surface area (Å²) in [6, 6.07) is 13.8. The molecule has 0 unspecified atom stereocenters. The highest BCUT2D eigenvalue weighted by Crippen LogP contribution is 2.23. The van der Waals surface area contributed by atoms with Gasteiger partial charge >= 0.3 is 0 Å². The van der Waals surface area contributed by atoms with Crippen molar-refractivity contribution in [2.45, 2.75) is 13.3 Å². The third-order valence-electron chi connectivity index (χ3n) is 3.78. The van der Waals surface area contributed by atoms with Crippen molar-refractivity contribution in [3.05, 3.63) is 70.2 Å². The van der Waals surface area contributed by atoms with Crippen molar-refractivity contribution in [3.63, 3.8) is 0 Å². The standard InChI is InChI=1S/C18H14N4OS2/c1-11-2-4-12(5-3-11)8-14-10-19-18(24-14)20-17(23)13-6-7-15-16(9-13)25-22-21-15/h2-7,9-10H,8H2,1H3,(H,19,20,23). The topological polar surface area (TPSA) is 67.8 Å². The lowest BCUT2D eigenvalue weighted by molar-refractivity contribution is 0.102. The van der Waals surface area contributed by atoms with Gasteiger partial charge in [-0.15, -0.1) is 16.4 Å². The molecule has 124 valence electrons. The van der Waals surface area contributed by atoms with E-state index in [1.54, 1.807) is 18.2 Å². The number of rotatable bonds is 4. The van der Waals surface area contributed by atoms with E-state index in [1.807, 2.05) is 6.20 Å². The number of aromatic nitrogens is 3. The average Bonchev–Trinajstić information content (AvgIpc) is 3.25. The Balaban J connectivity index is 1.46. The molecule has 4 aromatic rings. The zero-order valence-corrected chi connectivity index (χ0v) is 15.0. The number of benzene rings is 2. The number of anilines is 1. The van der Waals surface area contributed by atoms with Crippen LogP contribution in [0.3, 0.4) is 0 Å². The van der Waals surface area contributed by atoms with Crippen LogP contribution in [0, 0.1) is 6.92 Å². The van der Waals surface area contributed by atoms with Gasteiger partial charge in [0.05, 0.1) is 4.70 Å². The van der Waals surface area contributed by atoms with Gasteiger partial charge in [0.15, 0.2) is 5.13 Å². The molecule has 7 heteroatoms. The first-order valence-corrected chi connectivity index (χ1v) is 9.30. The van der Waals surface area contributed by atoms with Gasteiger partial charge in [0, 0.05) is 23.1 Å². The van der Waals surface area contributed by atoms with Crippen molar-refractivity contribution < 1.29 is 4.79 Å². The fraction of sp³-hybridized carbons (Fsp3) is 0.111. The molecule has 4 rings (SSSR count). The Morgan fingerprint density at radius 2 is 2.00 bits per heavy atom. The molecule has 2 heterocycles. The molecule has 0 saturated heterocycles. The largest absolute Gasteiger partial charge is 0.298 e. The first kappa shape index (κ1) is 15.9. The van der Waals surface area contributed by atoms with Gasteiger partial charge in [0.2, 0.25) is 0 Å². The fourth-order valence-electron chi connectivity index (χ4n) is 2.44. The lowest BCUT2D eigenvalue weighted by Crippen LogP contribution is -2.11. The molecule has 2 aromatic carbocycles. The second-order valence-electron chi connectivity index (χ2n) is 5.70. The van der Waals surface area contributed by atoms with Crippen LogP contribution in [0.1, 0.15) is 26.4 Å². The summed E-state index contributed by atoms with van der Waals surface area (Å²) >= 11 is 2.77. The van der Waals surface area contributed by atoms with Crippen molar-refractivity contribution >= 4 is 44.1 Å². The van der Waals surface area contributed by atoms with Gasteiger partial charge in [-0.05, 0) is 42.2 Å². The highest BCUT2D eigenvalue weighted by atomic mass is 32.1. The number of thiazole rings is 1. The summed E-state index contributed by atoms with van der Waals surface area (Å²) in [6.07, 6.45) is 2.63. The Morgan fingerprint density at radius 1 is 1.16 bits per heavy atom. The van der Waals surface area contributed by atoms with Gasteiger partial charge in [-0.25, -0.2) is 4.98 Å². The van der Waals surface area contributed by atoms with Crippen LogP contribution in [-0.4, -0.2) is 20.5 Å². The van der Waals surface area contributed by atoms with Gasteiger partial charge in [0.1, 0.15) is 5.52 Å². The van der Waals surface area contributed by atoms with Gasteiger partial charge in [-0.3, -0.25) is 10.1 Å². The summed E-state index contributed by atoms with van der Waals surface area (Å²) in [7, 11) is 0. The predicted octanol–water partition coefficient (Wildman–Crippen LogP) is 4.30. The molecule has 5 nitrogen and oxygen atoms in total. The second-order valence-corrected chi connectivity index (χ2v) is 7.60. The molecule has 0 aliphatic rings. The molecule has 0 bridgehead atoms. The summed E-state index contributed by atoms with van der Waals surface area (Å²) in [5.41, 5.74) is 3.86. The number of aryl methyl sites for hydroxylation is 1. The molecule has 0 spiro atoms. The van der Waals surface area contributed by atoms with Crippen molar-refractivity contribution in [1.29, 1.82) is 0 Å². The Bertz CT molecular complexity index is 1040. The maximum Gasteiger partial charge on any atom is 0.257 e. The summed E-state index contributed by atoms with van der Waals surface area (Å²) in [5, 5.41) is 7.45. The lowest BCUT2D eigenvalue weighted by atomic mass is 10.1. The normalized spacial score (nSPS) is 10.9. The number of hydrogen-bond acceptors (Lipinski definition) is 6. The minimum atomic E-state index is -0.175. The molecule has 0 radical (unpaired) electrons. The van der Waals surface area contributed by atoms with E-state index in [4.69, 9.17) is 0 Å². The maximum absolute atomic E-state index is 12.4. The molecule has 0 fully saturated rings. The quantitative estimate of drug-likeness (QED) is 0.585. The number of nitrogens with zero attached hydrogens (tertiary/aromatic N) is 3. The number of amides is 1. The third kappa shape index (κ3) is 3.57. The smallest absolute Gasteiger partial charge is 0.257 e. The molecule has 0 saturated carbocycles. The summed E-state index contributed by atoms with van der Waals surface area (Å²) in [5.74, 6) is -0.175. The Hall–Kier alpha value is -2.64. The zero-order valence-electron chi connectivity index (χ0n) is 13.4. The minimum Gasteiger partial charge on any atom is -0.298 e. The third-order valence-corrected chi connectivity index (χ3v) is 5.38. The average molecular weight is 366 g/mol. The number of hydrogen-bond donors (Lipinski definition) is 1. The number of carbonyl (C=O) groups is 1. The van der Waals surface area contributed by atoms with Crippen LogP contribution >= 0.6 is 22.9 Å². The Morgan fingerprint density at radius 3 is 2.84 bits per heavy atom. The van der Waals surface area contributed by atoms with Gasteiger partial charge in [0.25, 0.3) is 5.91 Å². The molecule has 25 heavy (non-hydrogen) atoms. The van der Waals surface area contributed by atoms with Crippen LogP contribution < -0.4 is 5.32 Å². The Labute approximate surface area is 152 Å². The zero-order chi connectivity index (χ0) is 17.2. The summed E-state index contributed by atoms with van der Waals surface area (Å²) < 4.78 is 4.78.